The van der Waals surface area contributed by atoms with Gasteiger partial charge in [0.2, 0.25) is 0 Å². The molecule has 0 aliphatic rings. The molecule has 0 saturated carbocycles. The molecule has 0 spiro atoms. The van der Waals surface area contributed by atoms with Crippen molar-refractivity contribution >= 4 is 5.78 Å². The van der Waals surface area contributed by atoms with E-state index in [4.69, 9.17) is 0 Å². The molecule has 0 aliphatic carbocycles. The van der Waals surface area contributed by atoms with E-state index in [0.717, 1.165) is 6.42 Å². The van der Waals surface area contributed by atoms with Gasteiger partial charge in [-0.2, -0.15) is 0 Å². The van der Waals surface area contributed by atoms with Crippen LogP contribution in [0.1, 0.15) is 66.7 Å². The number of carbonyl (C=O) groups is 1. The lowest BCUT2D eigenvalue weighted by atomic mass is 9.83. The van der Waals surface area contributed by atoms with Crippen molar-refractivity contribution in [3.05, 3.63) is 0 Å². The summed E-state index contributed by atoms with van der Waals surface area (Å²) in [5, 5.41) is 0. The maximum Gasteiger partial charge on any atom is 0.130 e. The molecular formula is C13H26O. The number of hydrogen-bond donors (Lipinski definition) is 0. The maximum absolute atomic E-state index is 10.9. The summed E-state index contributed by atoms with van der Waals surface area (Å²) in [5.74, 6) is 0.896. The molecule has 0 fully saturated rings. The van der Waals surface area contributed by atoms with Crippen molar-refractivity contribution in [2.75, 3.05) is 0 Å². The van der Waals surface area contributed by atoms with E-state index in [2.05, 4.69) is 27.7 Å². The van der Waals surface area contributed by atoms with Crippen LogP contribution < -0.4 is 0 Å². The fourth-order valence-electron chi connectivity index (χ4n) is 1.70. The van der Waals surface area contributed by atoms with E-state index in [1.807, 2.05) is 0 Å². The van der Waals surface area contributed by atoms with Crippen LogP contribution in [0.2, 0.25) is 0 Å². The van der Waals surface area contributed by atoms with E-state index in [-0.39, 0.29) is 0 Å². The Labute approximate surface area is 89.3 Å². The molecule has 1 nitrogen and oxygen atoms in total. The smallest absolute Gasteiger partial charge is 0.130 e. The third kappa shape index (κ3) is 7.11. The molecule has 0 radical (unpaired) electrons. The second-order valence-electron chi connectivity index (χ2n) is 5.42. The molecule has 14 heavy (non-hydrogen) atoms. The van der Waals surface area contributed by atoms with Crippen molar-refractivity contribution in [1.82, 2.24) is 0 Å². The van der Waals surface area contributed by atoms with E-state index in [1.165, 1.54) is 25.7 Å². The van der Waals surface area contributed by atoms with Gasteiger partial charge in [-0.3, -0.25) is 0 Å². The van der Waals surface area contributed by atoms with Gasteiger partial charge in [-0.25, -0.2) is 0 Å². The predicted octanol–water partition coefficient (Wildman–Crippen LogP) is 4.21. The average Bonchev–Trinajstić information content (AvgIpc) is 2.02. The summed E-state index contributed by atoms with van der Waals surface area (Å²) in [6, 6.07) is 0. The van der Waals surface area contributed by atoms with E-state index in [9.17, 15) is 4.79 Å². The van der Waals surface area contributed by atoms with Gasteiger partial charge in [-0.05, 0) is 24.7 Å². The van der Waals surface area contributed by atoms with Crippen LogP contribution in [-0.4, -0.2) is 5.78 Å². The van der Waals surface area contributed by atoms with Crippen molar-refractivity contribution in [3.8, 4) is 0 Å². The summed E-state index contributed by atoms with van der Waals surface area (Å²) in [6.07, 6.45) is 5.74. The first kappa shape index (κ1) is 13.7. The highest BCUT2D eigenvalue weighted by molar-refractivity contribution is 5.75. The Morgan fingerprint density at radius 3 is 2.36 bits per heavy atom. The van der Waals surface area contributed by atoms with Gasteiger partial charge in [0.15, 0.2) is 0 Å². The summed E-state index contributed by atoms with van der Waals surface area (Å²) in [5.41, 5.74) is 0.482. The SMILES string of the molecule is CCC(C)(C)CCCC(C)CC(C)=O. The van der Waals surface area contributed by atoms with E-state index in [1.54, 1.807) is 6.92 Å². The fourth-order valence-corrected chi connectivity index (χ4v) is 1.70. The zero-order valence-corrected chi connectivity index (χ0v) is 10.5. The minimum absolute atomic E-state index is 0.326. The van der Waals surface area contributed by atoms with Crippen molar-refractivity contribution < 1.29 is 4.79 Å². The Bertz CT molecular complexity index is 170. The Kier molecular flexibility index (Phi) is 6.06. The monoisotopic (exact) mass is 198 g/mol. The minimum atomic E-state index is 0.326. The summed E-state index contributed by atoms with van der Waals surface area (Å²) in [4.78, 5) is 10.9. The second-order valence-corrected chi connectivity index (χ2v) is 5.42. The van der Waals surface area contributed by atoms with Crippen LogP contribution in [0.5, 0.6) is 0 Å². The van der Waals surface area contributed by atoms with E-state index < -0.39 is 0 Å². The number of ketones is 1. The molecule has 1 heteroatoms. The molecular weight excluding hydrogens is 172 g/mol. The lowest BCUT2D eigenvalue weighted by molar-refractivity contribution is -0.117. The molecule has 84 valence electrons. The first-order valence-electron chi connectivity index (χ1n) is 5.87. The van der Waals surface area contributed by atoms with Crippen LogP contribution in [0.3, 0.4) is 0 Å². The quantitative estimate of drug-likeness (QED) is 0.599. The van der Waals surface area contributed by atoms with E-state index in [0.29, 0.717) is 17.1 Å². The normalized spacial score (nSPS) is 14.1. The Hall–Kier alpha value is -0.330. The van der Waals surface area contributed by atoms with Crippen molar-refractivity contribution in [1.29, 1.82) is 0 Å². The zero-order valence-electron chi connectivity index (χ0n) is 10.5. The molecule has 0 heterocycles. The molecule has 1 atom stereocenters. The highest BCUT2D eigenvalue weighted by atomic mass is 16.1. The molecule has 0 aliphatic heterocycles. The first-order valence-corrected chi connectivity index (χ1v) is 5.87. The van der Waals surface area contributed by atoms with Crippen molar-refractivity contribution in [2.24, 2.45) is 11.3 Å². The molecule has 0 saturated heterocycles. The predicted molar refractivity (Wildman–Crippen MR) is 62.4 cm³/mol. The molecule has 0 N–H and O–H groups in total. The van der Waals surface area contributed by atoms with Gasteiger partial charge in [0.05, 0.1) is 0 Å². The van der Waals surface area contributed by atoms with Gasteiger partial charge in [0.1, 0.15) is 5.78 Å². The van der Waals surface area contributed by atoms with Gasteiger partial charge in [-0.1, -0.05) is 47.0 Å². The number of rotatable bonds is 7. The Morgan fingerprint density at radius 1 is 1.36 bits per heavy atom. The Balaban J connectivity index is 3.58. The van der Waals surface area contributed by atoms with Gasteiger partial charge >= 0.3 is 0 Å². The van der Waals surface area contributed by atoms with Gasteiger partial charge in [0.25, 0.3) is 0 Å². The van der Waals surface area contributed by atoms with Crippen LogP contribution in [0.4, 0.5) is 0 Å². The number of hydrogen-bond acceptors (Lipinski definition) is 1. The number of carbonyl (C=O) groups excluding carboxylic acids is 1. The highest BCUT2D eigenvalue weighted by Gasteiger charge is 2.15. The molecule has 0 amide bonds. The maximum atomic E-state index is 10.9. The summed E-state index contributed by atoms with van der Waals surface area (Å²) >= 11 is 0. The lowest BCUT2D eigenvalue weighted by Gasteiger charge is -2.23. The molecule has 0 bridgehead atoms. The average molecular weight is 198 g/mol. The van der Waals surface area contributed by atoms with Crippen LogP contribution >= 0.6 is 0 Å². The number of Topliss-reactive ketones (excluding diaryl/α,β-unsaturated/α-hetero) is 1. The first-order chi connectivity index (χ1) is 6.37. The van der Waals surface area contributed by atoms with Crippen LogP contribution in [-0.2, 0) is 4.79 Å². The molecule has 0 aromatic rings. The molecule has 0 aromatic carbocycles. The van der Waals surface area contributed by atoms with Crippen LogP contribution in [0, 0.1) is 11.3 Å². The largest absolute Gasteiger partial charge is 0.300 e. The standard InChI is InChI=1S/C13H26O/c1-6-13(4,5)9-7-8-11(2)10-12(3)14/h11H,6-10H2,1-5H3. The Morgan fingerprint density at radius 2 is 1.93 bits per heavy atom. The third-order valence-corrected chi connectivity index (χ3v) is 3.14. The van der Waals surface area contributed by atoms with E-state index >= 15 is 0 Å². The van der Waals surface area contributed by atoms with Gasteiger partial charge in [-0.15, -0.1) is 0 Å². The highest BCUT2D eigenvalue weighted by Crippen LogP contribution is 2.28. The van der Waals surface area contributed by atoms with Gasteiger partial charge < -0.3 is 4.79 Å². The minimum Gasteiger partial charge on any atom is -0.300 e. The summed E-state index contributed by atoms with van der Waals surface area (Å²) < 4.78 is 0. The van der Waals surface area contributed by atoms with Crippen LogP contribution in [0.25, 0.3) is 0 Å². The topological polar surface area (TPSA) is 17.1 Å². The fraction of sp³-hybridized carbons (Fsp3) is 0.923. The molecule has 0 rings (SSSR count). The lowest BCUT2D eigenvalue weighted by Crippen LogP contribution is -2.10. The summed E-state index contributed by atoms with van der Waals surface area (Å²) in [6.45, 7) is 10.8. The second kappa shape index (κ2) is 6.21. The van der Waals surface area contributed by atoms with Gasteiger partial charge in [0, 0.05) is 6.42 Å². The van der Waals surface area contributed by atoms with Crippen LogP contribution in [0.15, 0.2) is 0 Å². The molecule has 0 aromatic heterocycles. The molecule has 1 unspecified atom stereocenters. The zero-order chi connectivity index (χ0) is 11.2. The van der Waals surface area contributed by atoms with Crippen molar-refractivity contribution in [2.45, 2.75) is 66.7 Å². The van der Waals surface area contributed by atoms with Crippen molar-refractivity contribution in [3.63, 3.8) is 0 Å². The third-order valence-electron chi connectivity index (χ3n) is 3.14. The summed E-state index contributed by atoms with van der Waals surface area (Å²) in [7, 11) is 0.